The molecule has 1 amide bonds. The van der Waals surface area contributed by atoms with Crippen molar-refractivity contribution in [2.45, 2.75) is 24.2 Å². The maximum atomic E-state index is 12.7. The number of anilines is 1. The molecule has 11 nitrogen and oxygen atoms in total. The molecule has 1 fully saturated rings. The molecule has 0 aliphatic carbocycles. The van der Waals surface area contributed by atoms with Crippen LogP contribution in [0.4, 0.5) is 17.1 Å². The molecule has 1 N–H and O–H groups in total. The van der Waals surface area contributed by atoms with Crippen LogP contribution in [-0.4, -0.2) is 41.6 Å². The highest BCUT2D eigenvalue weighted by atomic mass is 32.2. The Kier molecular flexibility index (Phi) is 6.08. The molecule has 1 saturated heterocycles. The molecular weight excluding hydrogens is 416 g/mol. The average Bonchev–Trinajstić information content (AvgIpc) is 2.74. The number of amides is 1. The van der Waals surface area contributed by atoms with Crippen LogP contribution in [0.1, 0.15) is 29.6 Å². The van der Waals surface area contributed by atoms with Gasteiger partial charge in [0.2, 0.25) is 10.0 Å². The highest BCUT2D eigenvalue weighted by molar-refractivity contribution is 7.89. The van der Waals surface area contributed by atoms with E-state index in [-0.39, 0.29) is 16.1 Å². The molecule has 0 atom stereocenters. The molecule has 30 heavy (non-hydrogen) atoms. The summed E-state index contributed by atoms with van der Waals surface area (Å²) in [6.45, 7) is 0.929. The maximum Gasteiger partial charge on any atom is 0.277 e. The van der Waals surface area contributed by atoms with Crippen molar-refractivity contribution in [3.05, 3.63) is 68.3 Å². The fourth-order valence-corrected chi connectivity index (χ4v) is 4.62. The molecule has 0 bridgehead atoms. The molecule has 12 heteroatoms. The predicted octanol–water partition coefficient (Wildman–Crippen LogP) is 2.93. The van der Waals surface area contributed by atoms with Crippen molar-refractivity contribution in [2.24, 2.45) is 0 Å². The minimum atomic E-state index is -3.62. The van der Waals surface area contributed by atoms with Crippen molar-refractivity contribution in [1.82, 2.24) is 4.31 Å². The number of benzene rings is 2. The van der Waals surface area contributed by atoms with E-state index in [1.807, 2.05) is 0 Å². The second-order valence-electron chi connectivity index (χ2n) is 6.70. The van der Waals surface area contributed by atoms with Crippen molar-refractivity contribution in [3.63, 3.8) is 0 Å². The summed E-state index contributed by atoms with van der Waals surface area (Å²) in [6.07, 6.45) is 2.61. The highest BCUT2D eigenvalue weighted by Gasteiger charge is 2.26. The van der Waals surface area contributed by atoms with Crippen molar-refractivity contribution in [2.75, 3.05) is 18.4 Å². The SMILES string of the molecule is O=C(Nc1ccc(S(=O)(=O)N2CCCCC2)cc1)c1cc([N+](=O)[O-])cc([N+](=O)[O-])c1. The fourth-order valence-electron chi connectivity index (χ4n) is 3.10. The van der Waals surface area contributed by atoms with Crippen LogP contribution in [0.5, 0.6) is 0 Å². The summed E-state index contributed by atoms with van der Waals surface area (Å²) in [4.78, 5) is 32.8. The molecule has 1 aliphatic heterocycles. The van der Waals surface area contributed by atoms with E-state index in [4.69, 9.17) is 0 Å². The van der Waals surface area contributed by atoms with Crippen molar-refractivity contribution in [3.8, 4) is 0 Å². The number of hydrogen-bond acceptors (Lipinski definition) is 7. The largest absolute Gasteiger partial charge is 0.322 e. The van der Waals surface area contributed by atoms with Crippen LogP contribution >= 0.6 is 0 Å². The standard InChI is InChI=1S/C18H18N4O7S/c23-18(13-10-15(21(24)25)12-16(11-13)22(26)27)19-14-4-6-17(7-5-14)30(28,29)20-8-2-1-3-9-20/h4-7,10-12H,1-3,8-9H2,(H,19,23). The van der Waals surface area contributed by atoms with Gasteiger partial charge in [-0.2, -0.15) is 4.31 Å². The number of nitrogens with zero attached hydrogens (tertiary/aromatic N) is 3. The van der Waals surface area contributed by atoms with E-state index in [0.717, 1.165) is 37.5 Å². The lowest BCUT2D eigenvalue weighted by atomic mass is 10.1. The van der Waals surface area contributed by atoms with E-state index < -0.39 is 37.2 Å². The molecule has 0 spiro atoms. The molecule has 2 aromatic rings. The van der Waals surface area contributed by atoms with E-state index in [1.54, 1.807) is 0 Å². The molecule has 158 valence electrons. The van der Waals surface area contributed by atoms with Gasteiger partial charge < -0.3 is 5.32 Å². The highest BCUT2D eigenvalue weighted by Crippen LogP contribution is 2.25. The Bertz CT molecular complexity index is 1060. The molecule has 1 aliphatic rings. The number of piperidine rings is 1. The van der Waals surface area contributed by atoms with Crippen LogP contribution in [0.3, 0.4) is 0 Å². The monoisotopic (exact) mass is 434 g/mol. The number of hydrogen-bond donors (Lipinski definition) is 1. The zero-order chi connectivity index (χ0) is 21.9. The molecule has 1 heterocycles. The Morgan fingerprint density at radius 2 is 1.43 bits per heavy atom. The van der Waals surface area contributed by atoms with Gasteiger partial charge in [0, 0.05) is 30.9 Å². The van der Waals surface area contributed by atoms with Crippen LogP contribution in [0.15, 0.2) is 47.4 Å². The second kappa shape index (κ2) is 8.55. The number of non-ortho nitro benzene ring substituents is 2. The summed E-state index contributed by atoms with van der Waals surface area (Å²) < 4.78 is 26.7. The van der Waals surface area contributed by atoms with Gasteiger partial charge in [-0.15, -0.1) is 0 Å². The summed E-state index contributed by atoms with van der Waals surface area (Å²) in [7, 11) is -3.62. The minimum absolute atomic E-state index is 0.0911. The number of sulfonamides is 1. The minimum Gasteiger partial charge on any atom is -0.322 e. The topological polar surface area (TPSA) is 153 Å². The van der Waals surface area contributed by atoms with E-state index in [2.05, 4.69) is 5.32 Å². The zero-order valence-electron chi connectivity index (χ0n) is 15.7. The second-order valence-corrected chi connectivity index (χ2v) is 8.63. The first-order chi connectivity index (χ1) is 14.2. The molecule has 2 aromatic carbocycles. The number of carbonyl (C=O) groups excluding carboxylic acids is 1. The number of rotatable bonds is 6. The Morgan fingerprint density at radius 1 is 0.900 bits per heavy atom. The summed E-state index contributed by atoms with van der Waals surface area (Å²) in [6, 6.07) is 8.11. The van der Waals surface area contributed by atoms with Gasteiger partial charge >= 0.3 is 0 Å². The van der Waals surface area contributed by atoms with E-state index in [9.17, 15) is 33.4 Å². The first kappa shape index (κ1) is 21.3. The number of nitro benzene ring substituents is 2. The third-order valence-corrected chi connectivity index (χ3v) is 6.56. The van der Waals surface area contributed by atoms with Crippen molar-refractivity contribution < 1.29 is 23.1 Å². The quantitative estimate of drug-likeness (QED) is 0.542. The van der Waals surface area contributed by atoms with Gasteiger partial charge in [0.15, 0.2) is 0 Å². The molecule has 0 radical (unpaired) electrons. The lowest BCUT2D eigenvalue weighted by Gasteiger charge is -2.25. The summed E-state index contributed by atoms with van der Waals surface area (Å²) in [5, 5.41) is 24.4. The fraction of sp³-hybridized carbons (Fsp3) is 0.278. The molecular formula is C18H18N4O7S. The van der Waals surface area contributed by atoms with Crippen LogP contribution in [-0.2, 0) is 10.0 Å². The third kappa shape index (κ3) is 4.60. The van der Waals surface area contributed by atoms with Gasteiger partial charge in [-0.3, -0.25) is 25.0 Å². The zero-order valence-corrected chi connectivity index (χ0v) is 16.5. The molecule has 3 rings (SSSR count). The van der Waals surface area contributed by atoms with E-state index in [0.29, 0.717) is 13.1 Å². The first-order valence-corrected chi connectivity index (χ1v) is 10.5. The van der Waals surface area contributed by atoms with E-state index >= 15 is 0 Å². The van der Waals surface area contributed by atoms with Crippen LogP contribution < -0.4 is 5.32 Å². The lowest BCUT2D eigenvalue weighted by Crippen LogP contribution is -2.35. The Morgan fingerprint density at radius 3 is 1.93 bits per heavy atom. The smallest absolute Gasteiger partial charge is 0.277 e. The number of nitro groups is 2. The van der Waals surface area contributed by atoms with Crippen LogP contribution in [0, 0.1) is 20.2 Å². The maximum absolute atomic E-state index is 12.7. The van der Waals surface area contributed by atoms with Gasteiger partial charge in [-0.1, -0.05) is 6.42 Å². The average molecular weight is 434 g/mol. The van der Waals surface area contributed by atoms with Crippen molar-refractivity contribution in [1.29, 1.82) is 0 Å². The Labute approximate surface area is 171 Å². The van der Waals surface area contributed by atoms with Crippen LogP contribution in [0.2, 0.25) is 0 Å². The summed E-state index contributed by atoms with van der Waals surface area (Å²) >= 11 is 0. The van der Waals surface area contributed by atoms with Gasteiger partial charge in [0.25, 0.3) is 17.3 Å². The van der Waals surface area contributed by atoms with Gasteiger partial charge in [0.05, 0.1) is 26.4 Å². The Hall–Kier alpha value is -3.38. The van der Waals surface area contributed by atoms with Gasteiger partial charge in [0.1, 0.15) is 0 Å². The molecule has 0 aromatic heterocycles. The van der Waals surface area contributed by atoms with Gasteiger partial charge in [-0.05, 0) is 37.1 Å². The van der Waals surface area contributed by atoms with E-state index in [1.165, 1.54) is 28.6 Å². The van der Waals surface area contributed by atoms with Crippen LogP contribution in [0.25, 0.3) is 0 Å². The Balaban J connectivity index is 1.79. The summed E-state index contributed by atoms with van der Waals surface area (Å²) in [5.74, 6) is -0.798. The number of carbonyl (C=O) groups is 1. The van der Waals surface area contributed by atoms with Crippen molar-refractivity contribution >= 4 is 33.0 Å². The normalized spacial score (nSPS) is 14.8. The summed E-state index contributed by atoms with van der Waals surface area (Å²) in [5.41, 5.74) is -1.19. The molecule has 0 saturated carbocycles. The number of nitrogens with one attached hydrogen (secondary N) is 1. The first-order valence-electron chi connectivity index (χ1n) is 9.04. The van der Waals surface area contributed by atoms with Gasteiger partial charge in [-0.25, -0.2) is 8.42 Å². The molecule has 0 unspecified atom stereocenters. The predicted molar refractivity (Wildman–Crippen MR) is 107 cm³/mol. The lowest BCUT2D eigenvalue weighted by molar-refractivity contribution is -0.394. The third-order valence-electron chi connectivity index (χ3n) is 4.65.